The van der Waals surface area contributed by atoms with Crippen molar-refractivity contribution < 1.29 is 25.6 Å². The highest BCUT2D eigenvalue weighted by molar-refractivity contribution is 8.00. The van der Waals surface area contributed by atoms with Crippen LogP contribution in [-0.2, 0) is 4.79 Å². The summed E-state index contributed by atoms with van der Waals surface area (Å²) in [5.74, 6) is 0.236. The highest BCUT2D eigenvalue weighted by atomic mass is 32.2. The molecule has 2 aliphatic rings. The Labute approximate surface area is 109 Å². The lowest BCUT2D eigenvalue weighted by Crippen LogP contribution is -2.36. The van der Waals surface area contributed by atoms with Crippen LogP contribution in [0.15, 0.2) is 0 Å². The van der Waals surface area contributed by atoms with Gasteiger partial charge in [0.2, 0.25) is 0 Å². The zero-order chi connectivity index (χ0) is 11.5. The van der Waals surface area contributed by atoms with E-state index >= 15 is 0 Å². The molecule has 0 spiro atoms. The Morgan fingerprint density at radius 3 is 2.72 bits per heavy atom. The van der Waals surface area contributed by atoms with Gasteiger partial charge in [0.05, 0.1) is 12.1 Å². The molecule has 106 valence electrons. The van der Waals surface area contributed by atoms with Gasteiger partial charge >= 0.3 is 12.0 Å². The van der Waals surface area contributed by atoms with Crippen molar-refractivity contribution in [3.05, 3.63) is 0 Å². The van der Waals surface area contributed by atoms with E-state index in [2.05, 4.69) is 10.6 Å². The Hall–Kier alpha value is -0.990. The first-order valence-corrected chi connectivity index (χ1v) is 6.62. The molecule has 0 bridgehead atoms. The first kappa shape index (κ1) is 17.0. The first-order valence-electron chi connectivity index (χ1n) is 5.57. The summed E-state index contributed by atoms with van der Waals surface area (Å²) in [6.45, 7) is 0. The van der Waals surface area contributed by atoms with Gasteiger partial charge in [0, 0.05) is 17.4 Å². The molecular formula is C10H20N2O5S. The molecule has 2 rings (SSSR count). The Morgan fingerprint density at radius 2 is 2.06 bits per heavy atom. The number of hydrogen-bond acceptors (Lipinski definition) is 3. The van der Waals surface area contributed by atoms with Crippen LogP contribution >= 0.6 is 11.8 Å². The molecule has 0 aromatic heterocycles. The number of aliphatic carboxylic acids is 1. The topological polar surface area (TPSA) is 141 Å². The van der Waals surface area contributed by atoms with Crippen LogP contribution in [0.2, 0.25) is 0 Å². The van der Waals surface area contributed by atoms with E-state index in [-0.39, 0.29) is 35.5 Å². The number of carboxylic acid groups (broad SMARTS) is 1. The molecule has 7 N–H and O–H groups in total. The fraction of sp³-hybridized carbons (Fsp3) is 0.800. The molecule has 0 aromatic carbocycles. The smallest absolute Gasteiger partial charge is 0.315 e. The van der Waals surface area contributed by atoms with Gasteiger partial charge in [0.15, 0.2) is 0 Å². The molecule has 7 nitrogen and oxygen atoms in total. The normalized spacial score (nSPS) is 28.4. The van der Waals surface area contributed by atoms with Crippen molar-refractivity contribution in [1.29, 1.82) is 0 Å². The van der Waals surface area contributed by atoms with Crippen LogP contribution in [0.1, 0.15) is 25.7 Å². The highest BCUT2D eigenvalue weighted by Crippen LogP contribution is 2.33. The number of thioether (sulfide) groups is 1. The Balaban J connectivity index is 0.00000144. The van der Waals surface area contributed by atoms with E-state index in [1.807, 2.05) is 11.8 Å². The van der Waals surface area contributed by atoms with Crippen LogP contribution in [-0.4, -0.2) is 51.1 Å². The van der Waals surface area contributed by atoms with E-state index in [9.17, 15) is 9.59 Å². The second-order valence-electron chi connectivity index (χ2n) is 4.26. The summed E-state index contributed by atoms with van der Waals surface area (Å²) in [6, 6.07) is 0.440. The second kappa shape index (κ2) is 7.45. The molecule has 2 heterocycles. The van der Waals surface area contributed by atoms with Crippen LogP contribution in [0.3, 0.4) is 0 Å². The largest absolute Gasteiger partial charge is 0.481 e. The predicted molar refractivity (Wildman–Crippen MR) is 68.8 cm³/mol. The minimum Gasteiger partial charge on any atom is -0.481 e. The fourth-order valence-electron chi connectivity index (χ4n) is 2.26. The van der Waals surface area contributed by atoms with Crippen LogP contribution in [0.4, 0.5) is 4.79 Å². The van der Waals surface area contributed by atoms with Crippen molar-refractivity contribution >= 4 is 23.8 Å². The zero-order valence-electron chi connectivity index (χ0n) is 9.94. The molecule has 2 fully saturated rings. The van der Waals surface area contributed by atoms with Crippen molar-refractivity contribution in [2.75, 3.05) is 5.75 Å². The predicted octanol–water partition coefficient (Wildman–Crippen LogP) is -0.853. The second-order valence-corrected chi connectivity index (χ2v) is 5.53. The van der Waals surface area contributed by atoms with E-state index < -0.39 is 5.97 Å². The molecule has 2 aliphatic heterocycles. The first-order chi connectivity index (χ1) is 7.66. The van der Waals surface area contributed by atoms with E-state index in [0.717, 1.165) is 25.0 Å². The molecule has 0 unspecified atom stereocenters. The summed E-state index contributed by atoms with van der Waals surface area (Å²) in [5, 5.41) is 14.8. The quantitative estimate of drug-likeness (QED) is 0.445. The van der Waals surface area contributed by atoms with Gasteiger partial charge in [-0.1, -0.05) is 6.42 Å². The van der Waals surface area contributed by atoms with Crippen molar-refractivity contribution in [2.24, 2.45) is 0 Å². The lowest BCUT2D eigenvalue weighted by Gasteiger charge is -2.16. The number of nitrogens with one attached hydrogen (secondary N) is 2. The summed E-state index contributed by atoms with van der Waals surface area (Å²) in [7, 11) is 0. The van der Waals surface area contributed by atoms with Crippen molar-refractivity contribution in [1.82, 2.24) is 10.6 Å². The maximum atomic E-state index is 11.1. The SMILES string of the molecule is O.O.O=C(O)CCCC[C@@H]1SC[C@@H]2NC(=O)N[C@@H]21. The lowest BCUT2D eigenvalue weighted by molar-refractivity contribution is -0.137. The third-order valence-corrected chi connectivity index (χ3v) is 4.58. The summed E-state index contributed by atoms with van der Waals surface area (Å²) < 4.78 is 0. The number of unbranched alkanes of at least 4 members (excludes halogenated alkanes) is 1. The summed E-state index contributed by atoms with van der Waals surface area (Å²) in [4.78, 5) is 21.5. The molecule has 0 saturated carbocycles. The summed E-state index contributed by atoms with van der Waals surface area (Å²) >= 11 is 1.87. The number of amides is 2. The lowest BCUT2D eigenvalue weighted by atomic mass is 10.0. The average molecular weight is 280 g/mol. The van der Waals surface area contributed by atoms with Gasteiger partial charge in [-0.2, -0.15) is 11.8 Å². The van der Waals surface area contributed by atoms with Gasteiger partial charge in [-0.3, -0.25) is 4.79 Å². The molecular weight excluding hydrogens is 260 g/mol. The van der Waals surface area contributed by atoms with E-state index in [1.165, 1.54) is 0 Å². The number of carbonyl (C=O) groups excluding carboxylic acids is 1. The van der Waals surface area contributed by atoms with Crippen LogP contribution in [0.5, 0.6) is 0 Å². The van der Waals surface area contributed by atoms with Crippen molar-refractivity contribution in [2.45, 2.75) is 43.0 Å². The number of fused-ring (bicyclic) bond motifs is 1. The Kier molecular flexibility index (Phi) is 7.04. The number of urea groups is 1. The maximum Gasteiger partial charge on any atom is 0.315 e. The number of carbonyl (C=O) groups is 2. The number of rotatable bonds is 5. The zero-order valence-corrected chi connectivity index (χ0v) is 10.8. The van der Waals surface area contributed by atoms with Gasteiger partial charge < -0.3 is 26.7 Å². The van der Waals surface area contributed by atoms with Crippen molar-refractivity contribution in [3.63, 3.8) is 0 Å². The third-order valence-electron chi connectivity index (χ3n) is 3.07. The molecule has 0 aromatic rings. The van der Waals surface area contributed by atoms with Crippen LogP contribution in [0.25, 0.3) is 0 Å². The summed E-state index contributed by atoms with van der Waals surface area (Å²) in [5.41, 5.74) is 0. The van der Waals surface area contributed by atoms with Crippen molar-refractivity contribution in [3.8, 4) is 0 Å². The molecule has 8 heteroatoms. The molecule has 3 atom stereocenters. The monoisotopic (exact) mass is 280 g/mol. The minimum absolute atomic E-state index is 0. The minimum atomic E-state index is -0.729. The highest BCUT2D eigenvalue weighted by Gasteiger charge is 2.42. The van der Waals surface area contributed by atoms with E-state index in [4.69, 9.17) is 5.11 Å². The molecule has 0 aliphatic carbocycles. The van der Waals surface area contributed by atoms with Gasteiger partial charge in [-0.25, -0.2) is 4.79 Å². The van der Waals surface area contributed by atoms with Gasteiger partial charge in [0.1, 0.15) is 0 Å². The van der Waals surface area contributed by atoms with Gasteiger partial charge in [0.25, 0.3) is 0 Å². The Bertz CT molecular complexity index is 302. The van der Waals surface area contributed by atoms with Crippen LogP contribution in [0, 0.1) is 0 Å². The van der Waals surface area contributed by atoms with Gasteiger partial charge in [-0.15, -0.1) is 0 Å². The molecule has 2 amide bonds. The molecule has 2 saturated heterocycles. The maximum absolute atomic E-state index is 11.1. The molecule has 18 heavy (non-hydrogen) atoms. The standard InChI is InChI=1S/C10H16N2O3S.2H2O/c13-8(14)4-2-1-3-7-9-6(5-16-7)11-10(15)12-9;;/h6-7,9H,1-5H2,(H,13,14)(H2,11,12,15);2*1H2/t6-,7-,9-;;/m0../s1. The third kappa shape index (κ3) is 4.04. The van der Waals surface area contributed by atoms with Crippen LogP contribution < -0.4 is 10.6 Å². The van der Waals surface area contributed by atoms with E-state index in [0.29, 0.717) is 5.25 Å². The number of carboxylic acids is 1. The Morgan fingerprint density at radius 1 is 1.33 bits per heavy atom. The van der Waals surface area contributed by atoms with Gasteiger partial charge in [-0.05, 0) is 12.8 Å². The molecule has 0 radical (unpaired) electrons. The summed E-state index contributed by atoms with van der Waals surface area (Å²) in [6.07, 6.45) is 2.88. The average Bonchev–Trinajstić information content (AvgIpc) is 2.72. The number of hydrogen-bond donors (Lipinski definition) is 3. The fourth-order valence-corrected chi connectivity index (χ4v) is 3.81. The van der Waals surface area contributed by atoms with E-state index in [1.54, 1.807) is 0 Å².